The first-order valence-corrected chi connectivity index (χ1v) is 11.7. The zero-order chi connectivity index (χ0) is 21.4. The third kappa shape index (κ3) is 7.07. The van der Waals surface area contributed by atoms with Crippen molar-refractivity contribution in [3.63, 3.8) is 0 Å². The highest BCUT2D eigenvalue weighted by molar-refractivity contribution is 7.89. The van der Waals surface area contributed by atoms with Crippen LogP contribution in [0.5, 0.6) is 0 Å². The number of nitrogens with one attached hydrogen (secondary N) is 2. The third-order valence-corrected chi connectivity index (χ3v) is 6.50. The molecule has 0 saturated carbocycles. The van der Waals surface area contributed by atoms with Crippen LogP contribution in [0.2, 0.25) is 5.02 Å². The molecular formula is C21H26ClN3O4S. The summed E-state index contributed by atoms with van der Waals surface area (Å²) >= 11 is 5.77. The Balaban J connectivity index is 1.37. The Kier molecular flexibility index (Phi) is 8.24. The van der Waals surface area contributed by atoms with Crippen LogP contribution in [-0.2, 0) is 26.1 Å². The minimum atomic E-state index is -3.67. The van der Waals surface area contributed by atoms with E-state index in [1.807, 2.05) is 18.2 Å². The van der Waals surface area contributed by atoms with Crippen LogP contribution in [0, 0.1) is 0 Å². The van der Waals surface area contributed by atoms with Gasteiger partial charge in [-0.15, -0.1) is 0 Å². The molecule has 0 spiro atoms. The number of benzene rings is 2. The van der Waals surface area contributed by atoms with E-state index in [9.17, 15) is 13.2 Å². The van der Waals surface area contributed by atoms with E-state index in [0.29, 0.717) is 18.2 Å². The summed E-state index contributed by atoms with van der Waals surface area (Å²) in [5.41, 5.74) is 1.25. The molecule has 1 fully saturated rings. The first-order valence-electron chi connectivity index (χ1n) is 9.82. The molecule has 1 atom stereocenters. The molecule has 1 amide bonds. The highest BCUT2D eigenvalue weighted by Crippen LogP contribution is 2.14. The number of ether oxygens (including phenoxy) is 1. The van der Waals surface area contributed by atoms with E-state index in [-0.39, 0.29) is 29.9 Å². The van der Waals surface area contributed by atoms with Crippen LogP contribution in [-0.4, -0.2) is 58.1 Å². The monoisotopic (exact) mass is 451 g/mol. The molecule has 2 aromatic rings. The number of sulfonamides is 1. The second-order valence-corrected chi connectivity index (χ2v) is 9.32. The standard InChI is InChI=1S/C21H26ClN3O4S/c22-18-6-8-20(9-7-18)30(27,28)24-11-10-21(26)23-14-19-16-25(12-13-29-19)15-17-4-2-1-3-5-17/h1-9,19,24H,10-16H2,(H,23,26). The molecule has 2 aromatic carbocycles. The maximum absolute atomic E-state index is 12.2. The van der Waals surface area contributed by atoms with Crippen LogP contribution in [0.15, 0.2) is 59.5 Å². The van der Waals surface area contributed by atoms with Crippen LogP contribution in [0.25, 0.3) is 0 Å². The van der Waals surface area contributed by atoms with Gasteiger partial charge in [0.1, 0.15) is 0 Å². The first kappa shape index (κ1) is 22.7. The van der Waals surface area contributed by atoms with Gasteiger partial charge < -0.3 is 10.1 Å². The lowest BCUT2D eigenvalue weighted by molar-refractivity contribution is -0.122. The molecule has 1 heterocycles. The predicted octanol–water partition coefficient (Wildman–Crippen LogP) is 2.03. The maximum Gasteiger partial charge on any atom is 0.240 e. The summed E-state index contributed by atoms with van der Waals surface area (Å²) in [4.78, 5) is 14.5. The summed E-state index contributed by atoms with van der Waals surface area (Å²) in [6, 6.07) is 16.1. The second-order valence-electron chi connectivity index (χ2n) is 7.12. The minimum absolute atomic E-state index is 0.0163. The molecule has 162 valence electrons. The average molecular weight is 452 g/mol. The van der Waals surface area contributed by atoms with Gasteiger partial charge in [0.2, 0.25) is 15.9 Å². The van der Waals surface area contributed by atoms with Crippen molar-refractivity contribution in [1.29, 1.82) is 0 Å². The van der Waals surface area contributed by atoms with Gasteiger partial charge in [-0.2, -0.15) is 0 Å². The fourth-order valence-electron chi connectivity index (χ4n) is 3.20. The van der Waals surface area contributed by atoms with Gasteiger partial charge in [0.05, 0.1) is 17.6 Å². The number of hydrogen-bond acceptors (Lipinski definition) is 5. The maximum atomic E-state index is 12.2. The first-order chi connectivity index (χ1) is 14.4. The van der Waals surface area contributed by atoms with Gasteiger partial charge in [0, 0.05) is 44.2 Å². The predicted molar refractivity (Wildman–Crippen MR) is 116 cm³/mol. The molecule has 2 N–H and O–H groups in total. The van der Waals surface area contributed by atoms with Crippen molar-refractivity contribution in [2.75, 3.05) is 32.8 Å². The summed E-state index contributed by atoms with van der Waals surface area (Å²) < 4.78 is 32.6. The smallest absolute Gasteiger partial charge is 0.240 e. The van der Waals surface area contributed by atoms with E-state index in [0.717, 1.165) is 19.6 Å². The van der Waals surface area contributed by atoms with E-state index in [2.05, 4.69) is 27.1 Å². The van der Waals surface area contributed by atoms with Gasteiger partial charge in [-0.3, -0.25) is 9.69 Å². The number of carbonyl (C=O) groups excluding carboxylic acids is 1. The Hall–Kier alpha value is -1.97. The second kappa shape index (κ2) is 10.9. The van der Waals surface area contributed by atoms with Gasteiger partial charge in [-0.05, 0) is 29.8 Å². The number of amides is 1. The van der Waals surface area contributed by atoms with Crippen LogP contribution in [0.4, 0.5) is 0 Å². The van der Waals surface area contributed by atoms with Crippen molar-refractivity contribution >= 4 is 27.5 Å². The van der Waals surface area contributed by atoms with Gasteiger partial charge >= 0.3 is 0 Å². The zero-order valence-corrected chi connectivity index (χ0v) is 18.2. The van der Waals surface area contributed by atoms with Gasteiger partial charge in [0.15, 0.2) is 0 Å². The molecule has 9 heteroatoms. The molecule has 0 bridgehead atoms. The van der Waals surface area contributed by atoms with Gasteiger partial charge in [0.25, 0.3) is 0 Å². The number of morpholine rings is 1. The van der Waals surface area contributed by atoms with E-state index in [1.165, 1.54) is 29.8 Å². The fourth-order valence-corrected chi connectivity index (χ4v) is 4.36. The molecule has 1 aliphatic heterocycles. The molecule has 1 unspecified atom stereocenters. The number of rotatable bonds is 9. The van der Waals surface area contributed by atoms with E-state index >= 15 is 0 Å². The average Bonchev–Trinajstić information content (AvgIpc) is 2.73. The lowest BCUT2D eigenvalue weighted by Gasteiger charge is -2.33. The van der Waals surface area contributed by atoms with Crippen LogP contribution in [0.3, 0.4) is 0 Å². The third-order valence-electron chi connectivity index (χ3n) is 4.77. The quantitative estimate of drug-likeness (QED) is 0.609. The van der Waals surface area contributed by atoms with Crippen molar-refractivity contribution in [2.45, 2.75) is 24.0 Å². The topological polar surface area (TPSA) is 87.7 Å². The van der Waals surface area contributed by atoms with E-state index in [4.69, 9.17) is 16.3 Å². The molecule has 30 heavy (non-hydrogen) atoms. The van der Waals surface area contributed by atoms with Crippen LogP contribution < -0.4 is 10.0 Å². The van der Waals surface area contributed by atoms with E-state index < -0.39 is 10.0 Å². The molecule has 0 radical (unpaired) electrons. The molecule has 1 aliphatic rings. The van der Waals surface area contributed by atoms with Crippen molar-refractivity contribution in [3.05, 3.63) is 65.2 Å². The Morgan fingerprint density at radius 2 is 1.87 bits per heavy atom. The van der Waals surface area contributed by atoms with Crippen molar-refractivity contribution in [3.8, 4) is 0 Å². The Bertz CT molecular complexity index is 923. The van der Waals surface area contributed by atoms with Crippen molar-refractivity contribution < 1.29 is 17.9 Å². The Morgan fingerprint density at radius 3 is 2.60 bits per heavy atom. The molecule has 1 saturated heterocycles. The molecule has 7 nitrogen and oxygen atoms in total. The zero-order valence-electron chi connectivity index (χ0n) is 16.6. The highest BCUT2D eigenvalue weighted by Gasteiger charge is 2.21. The van der Waals surface area contributed by atoms with Crippen LogP contribution >= 0.6 is 11.6 Å². The molecular weight excluding hydrogens is 426 g/mol. The number of hydrogen-bond donors (Lipinski definition) is 2. The largest absolute Gasteiger partial charge is 0.374 e. The van der Waals surface area contributed by atoms with Gasteiger partial charge in [-0.25, -0.2) is 13.1 Å². The number of nitrogens with zero attached hydrogens (tertiary/aromatic N) is 1. The summed E-state index contributed by atoms with van der Waals surface area (Å²) in [6.45, 7) is 3.47. The summed E-state index contributed by atoms with van der Waals surface area (Å²) in [5, 5.41) is 3.29. The Labute approximate surface area is 182 Å². The van der Waals surface area contributed by atoms with Gasteiger partial charge in [-0.1, -0.05) is 41.9 Å². The highest BCUT2D eigenvalue weighted by atomic mass is 35.5. The van der Waals surface area contributed by atoms with Crippen molar-refractivity contribution in [2.24, 2.45) is 0 Å². The summed E-state index contributed by atoms with van der Waals surface area (Å²) in [7, 11) is -3.67. The summed E-state index contributed by atoms with van der Waals surface area (Å²) in [5.74, 6) is -0.224. The van der Waals surface area contributed by atoms with Crippen LogP contribution in [0.1, 0.15) is 12.0 Å². The number of carbonyl (C=O) groups is 1. The molecule has 3 rings (SSSR count). The fraction of sp³-hybridized carbons (Fsp3) is 0.381. The molecule has 0 aromatic heterocycles. The van der Waals surface area contributed by atoms with E-state index in [1.54, 1.807) is 0 Å². The number of halogens is 1. The minimum Gasteiger partial charge on any atom is -0.374 e. The molecule has 0 aliphatic carbocycles. The lowest BCUT2D eigenvalue weighted by atomic mass is 10.2. The van der Waals surface area contributed by atoms with Crippen molar-refractivity contribution in [1.82, 2.24) is 14.9 Å². The normalized spacial score (nSPS) is 17.6. The lowest BCUT2D eigenvalue weighted by Crippen LogP contribution is -2.47. The summed E-state index contributed by atoms with van der Waals surface area (Å²) in [6.07, 6.45) is -0.0371. The Morgan fingerprint density at radius 1 is 1.13 bits per heavy atom. The SMILES string of the molecule is O=C(CCNS(=O)(=O)c1ccc(Cl)cc1)NCC1CN(Cc2ccccc2)CCO1.